The topological polar surface area (TPSA) is 92.8 Å². The molecule has 0 aliphatic carbocycles. The standard InChI is InChI=1S/C29H28F4N2O5S/c1-4-22-23(10-12-25(26(22)30)41(3,38)39)28(37)35-13-14-40-24-11-9-20(15-21(24)16-35)18-5-7-19(8-6-18)27(36)34-17(2)29(31,32)33/h5-12,15,17H,4,13-14,16H2,1-3H3,(H,34,36). The summed E-state index contributed by atoms with van der Waals surface area (Å²) in [7, 11) is -3.82. The molecule has 1 aliphatic rings. The summed E-state index contributed by atoms with van der Waals surface area (Å²) in [5.41, 5.74) is 2.23. The second-order valence-electron chi connectivity index (χ2n) is 9.74. The van der Waals surface area contributed by atoms with Gasteiger partial charge >= 0.3 is 6.18 Å². The van der Waals surface area contributed by atoms with E-state index in [9.17, 15) is 31.2 Å². The fraction of sp³-hybridized carbons (Fsp3) is 0.310. The van der Waals surface area contributed by atoms with Crippen molar-refractivity contribution in [3.63, 3.8) is 0 Å². The van der Waals surface area contributed by atoms with E-state index in [-0.39, 0.29) is 42.8 Å². The van der Waals surface area contributed by atoms with E-state index in [0.717, 1.165) is 24.8 Å². The third kappa shape index (κ3) is 6.53. The minimum Gasteiger partial charge on any atom is -0.491 e. The monoisotopic (exact) mass is 592 g/mol. The minimum absolute atomic E-state index is 0.0193. The number of benzene rings is 3. The Labute approximate surface area is 235 Å². The SMILES string of the molecule is CCc1c(C(=O)N2CCOc3ccc(-c4ccc(C(=O)NC(C)C(F)(F)F)cc4)cc3C2)ccc(S(C)(=O)=O)c1F. The van der Waals surface area contributed by atoms with Crippen molar-refractivity contribution in [3.05, 3.63) is 82.7 Å². The van der Waals surface area contributed by atoms with Crippen LogP contribution in [0.25, 0.3) is 11.1 Å². The highest BCUT2D eigenvalue weighted by atomic mass is 32.2. The number of carbonyl (C=O) groups is 2. The Kier molecular flexibility index (Phi) is 8.44. The van der Waals surface area contributed by atoms with Crippen LogP contribution in [0.3, 0.4) is 0 Å². The molecule has 12 heteroatoms. The van der Waals surface area contributed by atoms with Gasteiger partial charge in [0.15, 0.2) is 9.84 Å². The second kappa shape index (κ2) is 11.5. The number of fused-ring (bicyclic) bond motifs is 1. The summed E-state index contributed by atoms with van der Waals surface area (Å²) in [5.74, 6) is -1.69. The first-order chi connectivity index (χ1) is 19.2. The van der Waals surface area contributed by atoms with Crippen molar-refractivity contribution in [2.45, 2.75) is 43.9 Å². The van der Waals surface area contributed by atoms with Crippen molar-refractivity contribution in [2.75, 3.05) is 19.4 Å². The number of hydrogen-bond acceptors (Lipinski definition) is 5. The molecular formula is C29H28F4N2O5S. The van der Waals surface area contributed by atoms with Gasteiger partial charge in [-0.25, -0.2) is 12.8 Å². The van der Waals surface area contributed by atoms with E-state index in [4.69, 9.17) is 4.74 Å². The van der Waals surface area contributed by atoms with Crippen LogP contribution in [0.2, 0.25) is 0 Å². The molecule has 0 spiro atoms. The van der Waals surface area contributed by atoms with Crippen molar-refractivity contribution in [3.8, 4) is 16.9 Å². The lowest BCUT2D eigenvalue weighted by atomic mass is 10.00. The molecule has 0 radical (unpaired) electrons. The van der Waals surface area contributed by atoms with Crippen molar-refractivity contribution >= 4 is 21.7 Å². The number of ether oxygens (including phenoxy) is 1. The fourth-order valence-corrected chi connectivity index (χ4v) is 5.29. The molecular weight excluding hydrogens is 564 g/mol. The van der Waals surface area contributed by atoms with Gasteiger partial charge in [-0.05, 0) is 60.9 Å². The predicted octanol–water partition coefficient (Wildman–Crippen LogP) is 5.17. The predicted molar refractivity (Wildman–Crippen MR) is 144 cm³/mol. The molecule has 1 N–H and O–H groups in total. The lowest BCUT2D eigenvalue weighted by Gasteiger charge is -2.22. The van der Waals surface area contributed by atoms with Crippen LogP contribution in [0.1, 0.15) is 45.7 Å². The Hall–Kier alpha value is -3.93. The van der Waals surface area contributed by atoms with Crippen molar-refractivity contribution in [2.24, 2.45) is 0 Å². The van der Waals surface area contributed by atoms with Crippen molar-refractivity contribution in [1.29, 1.82) is 0 Å². The highest BCUT2D eigenvalue weighted by Gasteiger charge is 2.37. The smallest absolute Gasteiger partial charge is 0.408 e. The van der Waals surface area contributed by atoms with Gasteiger partial charge in [0.2, 0.25) is 0 Å². The summed E-state index contributed by atoms with van der Waals surface area (Å²) in [5, 5.41) is 1.92. The number of sulfone groups is 1. The molecule has 1 aliphatic heterocycles. The van der Waals surface area contributed by atoms with E-state index in [0.29, 0.717) is 16.9 Å². The Morgan fingerprint density at radius 2 is 1.71 bits per heavy atom. The zero-order valence-corrected chi connectivity index (χ0v) is 23.3. The maximum absolute atomic E-state index is 15.1. The maximum atomic E-state index is 15.1. The van der Waals surface area contributed by atoms with Crippen LogP contribution < -0.4 is 10.1 Å². The number of hydrogen-bond donors (Lipinski definition) is 1. The van der Waals surface area contributed by atoms with Crippen LogP contribution in [0.15, 0.2) is 59.5 Å². The molecule has 1 atom stereocenters. The van der Waals surface area contributed by atoms with Gasteiger partial charge in [-0.1, -0.05) is 25.1 Å². The van der Waals surface area contributed by atoms with E-state index < -0.39 is 44.6 Å². The summed E-state index contributed by atoms with van der Waals surface area (Å²) >= 11 is 0. The minimum atomic E-state index is -4.55. The number of carbonyl (C=O) groups excluding carboxylic acids is 2. The van der Waals surface area contributed by atoms with Gasteiger partial charge in [0.05, 0.1) is 6.54 Å². The summed E-state index contributed by atoms with van der Waals surface area (Å²) in [6.45, 7) is 3.03. The number of nitrogens with zero attached hydrogens (tertiary/aromatic N) is 1. The Morgan fingerprint density at radius 3 is 2.32 bits per heavy atom. The average Bonchev–Trinajstić information content (AvgIpc) is 3.13. The first-order valence-corrected chi connectivity index (χ1v) is 14.6. The first kappa shape index (κ1) is 30.0. The normalized spacial score (nSPS) is 14.5. The molecule has 4 rings (SSSR count). The number of amides is 2. The van der Waals surface area contributed by atoms with Crippen molar-refractivity contribution < 1.29 is 40.3 Å². The van der Waals surface area contributed by atoms with E-state index in [2.05, 4.69) is 0 Å². The summed E-state index contributed by atoms with van der Waals surface area (Å²) in [4.78, 5) is 26.7. The third-order valence-corrected chi connectivity index (χ3v) is 7.95. The molecule has 0 bridgehead atoms. The van der Waals surface area contributed by atoms with Crippen LogP contribution in [0, 0.1) is 5.82 Å². The molecule has 7 nitrogen and oxygen atoms in total. The van der Waals surface area contributed by atoms with Crippen LogP contribution in [0.4, 0.5) is 17.6 Å². The highest BCUT2D eigenvalue weighted by molar-refractivity contribution is 7.90. The van der Waals surface area contributed by atoms with Crippen LogP contribution in [0.5, 0.6) is 5.75 Å². The van der Waals surface area contributed by atoms with Gasteiger partial charge in [0.1, 0.15) is 29.1 Å². The zero-order chi connectivity index (χ0) is 30.1. The van der Waals surface area contributed by atoms with E-state index in [1.54, 1.807) is 37.3 Å². The highest BCUT2D eigenvalue weighted by Crippen LogP contribution is 2.31. The number of nitrogens with one attached hydrogen (secondary N) is 1. The van der Waals surface area contributed by atoms with Gasteiger partial charge in [-0.2, -0.15) is 13.2 Å². The molecule has 0 saturated carbocycles. The lowest BCUT2D eigenvalue weighted by molar-refractivity contribution is -0.149. The summed E-state index contributed by atoms with van der Waals surface area (Å²) in [6.07, 6.45) is -3.53. The first-order valence-electron chi connectivity index (χ1n) is 12.7. The number of alkyl halides is 3. The van der Waals surface area contributed by atoms with Crippen molar-refractivity contribution in [1.82, 2.24) is 10.2 Å². The average molecular weight is 593 g/mol. The maximum Gasteiger partial charge on any atom is 0.408 e. The largest absolute Gasteiger partial charge is 0.491 e. The molecule has 218 valence electrons. The molecule has 2 amide bonds. The van der Waals surface area contributed by atoms with Gasteiger partial charge in [0, 0.05) is 35.1 Å². The number of rotatable bonds is 6. The second-order valence-corrected chi connectivity index (χ2v) is 11.7. The third-order valence-electron chi connectivity index (χ3n) is 6.84. The molecule has 3 aromatic rings. The lowest BCUT2D eigenvalue weighted by Crippen LogP contribution is -2.43. The van der Waals surface area contributed by atoms with Gasteiger partial charge in [-0.15, -0.1) is 0 Å². The van der Waals surface area contributed by atoms with Crippen LogP contribution >= 0.6 is 0 Å². The molecule has 0 aromatic heterocycles. The van der Waals surface area contributed by atoms with Gasteiger partial charge in [-0.3, -0.25) is 9.59 Å². The fourth-order valence-electron chi connectivity index (χ4n) is 4.53. The zero-order valence-electron chi connectivity index (χ0n) is 22.5. The Balaban J connectivity index is 1.57. The molecule has 1 heterocycles. The van der Waals surface area contributed by atoms with E-state index in [1.165, 1.54) is 23.1 Å². The van der Waals surface area contributed by atoms with Gasteiger partial charge < -0.3 is 15.0 Å². The van der Waals surface area contributed by atoms with Gasteiger partial charge in [0.25, 0.3) is 11.8 Å². The quantitative estimate of drug-likeness (QED) is 0.399. The molecule has 0 saturated heterocycles. The summed E-state index contributed by atoms with van der Waals surface area (Å²) < 4.78 is 83.1. The molecule has 1 unspecified atom stereocenters. The van der Waals surface area contributed by atoms with Crippen LogP contribution in [-0.4, -0.2) is 56.8 Å². The van der Waals surface area contributed by atoms with E-state index in [1.807, 2.05) is 5.32 Å². The molecule has 41 heavy (non-hydrogen) atoms. The summed E-state index contributed by atoms with van der Waals surface area (Å²) in [6, 6.07) is 11.8. The molecule has 0 fully saturated rings. The van der Waals surface area contributed by atoms with E-state index >= 15 is 4.39 Å². The Bertz CT molecular complexity index is 1590. The number of halogens is 4. The molecule has 3 aromatic carbocycles. The van der Waals surface area contributed by atoms with Crippen LogP contribution in [-0.2, 0) is 22.8 Å². The Morgan fingerprint density at radius 1 is 1.05 bits per heavy atom.